The van der Waals surface area contributed by atoms with Crippen molar-refractivity contribution in [1.82, 2.24) is 25.5 Å². The lowest BCUT2D eigenvalue weighted by atomic mass is 10.1. The summed E-state index contributed by atoms with van der Waals surface area (Å²) in [4.78, 5) is 37.2. The Morgan fingerprint density at radius 2 is 1.86 bits per heavy atom. The van der Waals surface area contributed by atoms with Crippen LogP contribution < -0.4 is 20.8 Å². The fourth-order valence-corrected chi connectivity index (χ4v) is 5.19. The van der Waals surface area contributed by atoms with Gasteiger partial charge in [-0.3, -0.25) is 14.4 Å². The zero-order valence-corrected chi connectivity index (χ0v) is 20.8. The molecule has 1 fully saturated rings. The Morgan fingerprint density at radius 1 is 1.11 bits per heavy atom. The summed E-state index contributed by atoms with van der Waals surface area (Å²) < 4.78 is 27.0. The number of amides is 1. The molecule has 6 N–H and O–H groups in total. The van der Waals surface area contributed by atoms with Crippen molar-refractivity contribution in [1.29, 1.82) is 0 Å². The minimum Gasteiger partial charge on any atom is -0.480 e. The maximum atomic E-state index is 12.5. The van der Waals surface area contributed by atoms with Gasteiger partial charge in [-0.1, -0.05) is 30.3 Å². The first-order chi connectivity index (χ1) is 17.8. The van der Waals surface area contributed by atoms with Crippen molar-refractivity contribution in [3.63, 3.8) is 0 Å². The molecule has 1 saturated heterocycles. The number of nitrogens with one attached hydrogen (secondary N) is 5. The number of aliphatic carboxylic acids is 1. The minimum absolute atomic E-state index is 0.0611. The highest BCUT2D eigenvalue weighted by Gasteiger charge is 2.32. The second kappa shape index (κ2) is 12.1. The average molecular weight is 531 g/mol. The van der Waals surface area contributed by atoms with Crippen LogP contribution in [0.4, 0.5) is 5.95 Å². The number of hydrogen-bond acceptors (Lipinski definition) is 8. The normalized spacial score (nSPS) is 18.5. The number of unbranched alkanes of at least 4 members (excludes halogenated alkanes) is 1. The molecule has 0 radical (unpaired) electrons. The maximum absolute atomic E-state index is 12.5. The number of sulfonamides is 1. The number of H-pyrrole nitrogens is 1. The summed E-state index contributed by atoms with van der Waals surface area (Å²) in [6, 6.07) is 13.1. The van der Waals surface area contributed by atoms with Crippen molar-refractivity contribution in [3.8, 4) is 0 Å². The number of benzene rings is 2. The molecule has 1 aliphatic heterocycles. The molecule has 1 aliphatic rings. The van der Waals surface area contributed by atoms with Crippen LogP contribution in [0, 0.1) is 0 Å². The van der Waals surface area contributed by atoms with E-state index in [4.69, 9.17) is 4.84 Å². The van der Waals surface area contributed by atoms with Crippen LogP contribution in [-0.2, 0) is 24.4 Å². The number of rotatable bonds is 13. The number of hydrogen-bond donors (Lipinski definition) is 6. The number of para-hydroxylation sites is 2. The molecule has 1 amide bonds. The summed E-state index contributed by atoms with van der Waals surface area (Å²) in [5.41, 5.74) is 4.57. The predicted molar refractivity (Wildman–Crippen MR) is 136 cm³/mol. The van der Waals surface area contributed by atoms with E-state index in [1.165, 1.54) is 24.3 Å². The number of carbonyl (C=O) groups is 2. The SMILES string of the molecule is O=C(O)C(CNC(=O)C1CC(CCCCNc2nc3ccccc3[nH]2)ON1)NS(=O)(=O)c1ccccc1. The molecule has 0 saturated carbocycles. The van der Waals surface area contributed by atoms with Crippen molar-refractivity contribution < 1.29 is 28.0 Å². The Bertz CT molecular complexity index is 1280. The van der Waals surface area contributed by atoms with Crippen LogP contribution in [0.1, 0.15) is 25.7 Å². The molecule has 37 heavy (non-hydrogen) atoms. The standard InChI is InChI=1S/C24H30N6O6S/c31-22(26-15-21(23(32)33)30-37(34,35)17-9-2-1-3-10-17)20-14-16(36-29-20)8-6-7-13-25-24-27-18-11-4-5-12-19(18)28-24/h1-5,9-12,16,20-21,29-30H,6-8,13-15H2,(H,26,31)(H,32,33)(H2,25,27,28). The van der Waals surface area contributed by atoms with Crippen molar-refractivity contribution in [3.05, 3.63) is 54.6 Å². The van der Waals surface area contributed by atoms with Crippen LogP contribution in [0.3, 0.4) is 0 Å². The molecule has 198 valence electrons. The van der Waals surface area contributed by atoms with Gasteiger partial charge in [-0.05, 0) is 43.5 Å². The van der Waals surface area contributed by atoms with Crippen LogP contribution in [0.2, 0.25) is 0 Å². The van der Waals surface area contributed by atoms with Gasteiger partial charge >= 0.3 is 5.97 Å². The lowest BCUT2D eigenvalue weighted by molar-refractivity contribution is -0.139. The zero-order valence-electron chi connectivity index (χ0n) is 20.0. The Hall–Kier alpha value is -3.52. The highest BCUT2D eigenvalue weighted by Crippen LogP contribution is 2.18. The molecular formula is C24H30N6O6S. The lowest BCUT2D eigenvalue weighted by Gasteiger charge is -2.17. The van der Waals surface area contributed by atoms with Gasteiger partial charge in [0.1, 0.15) is 12.1 Å². The molecule has 0 bridgehead atoms. The molecule has 3 unspecified atom stereocenters. The maximum Gasteiger partial charge on any atom is 0.323 e. The summed E-state index contributed by atoms with van der Waals surface area (Å²) in [5.74, 6) is -1.13. The first-order valence-corrected chi connectivity index (χ1v) is 13.5. The van der Waals surface area contributed by atoms with Gasteiger partial charge in [-0.15, -0.1) is 0 Å². The van der Waals surface area contributed by atoms with E-state index >= 15 is 0 Å². The molecule has 2 aromatic carbocycles. The first-order valence-electron chi connectivity index (χ1n) is 12.0. The largest absolute Gasteiger partial charge is 0.480 e. The molecule has 13 heteroatoms. The van der Waals surface area contributed by atoms with Crippen LogP contribution in [-0.4, -0.2) is 66.6 Å². The van der Waals surface area contributed by atoms with Crippen molar-refractivity contribution in [2.75, 3.05) is 18.4 Å². The van der Waals surface area contributed by atoms with E-state index in [2.05, 4.69) is 30.8 Å². The first kappa shape index (κ1) is 26.5. The molecule has 2 heterocycles. The predicted octanol–water partition coefficient (Wildman–Crippen LogP) is 1.36. The van der Waals surface area contributed by atoms with E-state index in [1.807, 2.05) is 24.3 Å². The van der Waals surface area contributed by atoms with E-state index in [0.29, 0.717) is 6.42 Å². The van der Waals surface area contributed by atoms with Gasteiger partial charge in [0.15, 0.2) is 0 Å². The molecule has 12 nitrogen and oxygen atoms in total. The molecule has 3 atom stereocenters. The van der Waals surface area contributed by atoms with Crippen LogP contribution in [0.5, 0.6) is 0 Å². The number of carboxylic acid groups (broad SMARTS) is 1. The lowest BCUT2D eigenvalue weighted by Crippen LogP contribution is -2.51. The van der Waals surface area contributed by atoms with Gasteiger partial charge in [0.05, 0.1) is 22.0 Å². The van der Waals surface area contributed by atoms with E-state index in [1.54, 1.807) is 6.07 Å². The van der Waals surface area contributed by atoms with Gasteiger partial charge in [0.2, 0.25) is 21.9 Å². The quantitative estimate of drug-likeness (QED) is 0.178. The number of aromatic amines is 1. The van der Waals surface area contributed by atoms with Gasteiger partial charge in [-0.2, -0.15) is 10.2 Å². The fourth-order valence-electron chi connectivity index (χ4n) is 3.98. The summed E-state index contributed by atoms with van der Waals surface area (Å²) in [5, 5.41) is 15.2. The van der Waals surface area contributed by atoms with Gasteiger partial charge in [0.25, 0.3) is 0 Å². The molecular weight excluding hydrogens is 500 g/mol. The minimum atomic E-state index is -4.05. The number of anilines is 1. The van der Waals surface area contributed by atoms with Crippen LogP contribution in [0.15, 0.2) is 59.5 Å². The monoisotopic (exact) mass is 530 g/mol. The van der Waals surface area contributed by atoms with Gasteiger partial charge < -0.3 is 20.7 Å². The third kappa shape index (κ3) is 7.26. The van der Waals surface area contributed by atoms with E-state index in [0.717, 1.165) is 42.8 Å². The summed E-state index contributed by atoms with van der Waals surface area (Å²) in [7, 11) is -4.05. The topological polar surface area (TPSA) is 175 Å². The number of carbonyl (C=O) groups excluding carboxylic acids is 1. The summed E-state index contributed by atoms with van der Waals surface area (Å²) >= 11 is 0. The van der Waals surface area contributed by atoms with Crippen molar-refractivity contribution in [2.45, 2.75) is 48.8 Å². The number of carboxylic acids is 1. The van der Waals surface area contributed by atoms with Crippen molar-refractivity contribution in [2.24, 2.45) is 0 Å². The van der Waals surface area contributed by atoms with Crippen LogP contribution in [0.25, 0.3) is 11.0 Å². The molecule has 0 spiro atoms. The van der Waals surface area contributed by atoms with Crippen LogP contribution >= 0.6 is 0 Å². The number of nitrogens with zero attached hydrogens (tertiary/aromatic N) is 1. The van der Waals surface area contributed by atoms with Gasteiger partial charge in [-0.25, -0.2) is 13.4 Å². The highest BCUT2D eigenvalue weighted by atomic mass is 32.2. The second-order valence-electron chi connectivity index (χ2n) is 8.74. The zero-order chi connectivity index (χ0) is 26.3. The number of hydroxylamine groups is 1. The highest BCUT2D eigenvalue weighted by molar-refractivity contribution is 7.89. The summed E-state index contributed by atoms with van der Waals surface area (Å²) in [6.45, 7) is 0.329. The Kier molecular flexibility index (Phi) is 8.71. The third-order valence-corrected chi connectivity index (χ3v) is 7.44. The number of fused-ring (bicyclic) bond motifs is 1. The number of imidazole rings is 1. The van der Waals surface area contributed by atoms with Gasteiger partial charge in [0, 0.05) is 19.5 Å². The average Bonchev–Trinajstić information content (AvgIpc) is 3.53. The molecule has 3 aromatic rings. The molecule has 1 aromatic heterocycles. The summed E-state index contributed by atoms with van der Waals surface area (Å²) in [6.07, 6.45) is 2.77. The Labute approximate surface area is 214 Å². The Morgan fingerprint density at radius 3 is 2.62 bits per heavy atom. The molecule has 4 rings (SSSR count). The second-order valence-corrected chi connectivity index (χ2v) is 10.5. The van der Waals surface area contributed by atoms with Crippen molar-refractivity contribution >= 4 is 38.9 Å². The third-order valence-electron chi connectivity index (χ3n) is 5.96. The Balaban J connectivity index is 1.15. The van der Waals surface area contributed by atoms with E-state index in [9.17, 15) is 23.1 Å². The van der Waals surface area contributed by atoms with E-state index < -0.39 is 40.5 Å². The fraction of sp³-hybridized carbons (Fsp3) is 0.375. The number of aromatic nitrogens is 2. The smallest absolute Gasteiger partial charge is 0.323 e. The van der Waals surface area contributed by atoms with E-state index in [-0.39, 0.29) is 11.0 Å². The molecule has 0 aliphatic carbocycles.